The molecule has 0 heterocycles. The molecular weight excluding hydrogens is 460 g/mol. The van der Waals surface area contributed by atoms with Gasteiger partial charge in [-0.1, -0.05) is 48.5 Å². The van der Waals surface area contributed by atoms with Crippen molar-refractivity contribution in [2.45, 2.75) is 132 Å². The highest BCUT2D eigenvalue weighted by Crippen LogP contribution is 2.75. The van der Waals surface area contributed by atoms with Crippen LogP contribution in [0.1, 0.15) is 120 Å². The molecule has 0 aliphatic heterocycles. The van der Waals surface area contributed by atoms with E-state index in [1.54, 1.807) is 0 Å². The van der Waals surface area contributed by atoms with E-state index in [1.165, 1.54) is 38.9 Å². The number of rotatable bonds is 3. The molecule has 5 saturated carbocycles. The summed E-state index contributed by atoms with van der Waals surface area (Å²) >= 11 is 0. The van der Waals surface area contributed by atoms with Crippen molar-refractivity contribution in [1.82, 2.24) is 0 Å². The van der Waals surface area contributed by atoms with E-state index in [2.05, 4.69) is 48.5 Å². The van der Waals surface area contributed by atoms with Gasteiger partial charge in [0.2, 0.25) is 0 Å². The van der Waals surface area contributed by atoms with Crippen LogP contribution in [0.15, 0.2) is 0 Å². The number of aldehydes is 1. The standard InChI is InChI=1S/C33H54O4/c1-21(35)37-27-14-17-32(8)24-11-10-23-30(6,19-33(24,20-34)18-25(32)29(27,4)5)15-12-22-28(2,3)26(36-9)13-16-31(22,23)7/h20,22-27H,10-19H2,1-9H3/t22-,23-,24+,25-,26-,27+,30-,31-,32+,33+/m0/s1. The van der Waals surface area contributed by atoms with E-state index < -0.39 is 0 Å². The third kappa shape index (κ3) is 3.69. The van der Waals surface area contributed by atoms with Crippen LogP contribution < -0.4 is 0 Å². The van der Waals surface area contributed by atoms with E-state index in [-0.39, 0.29) is 39.1 Å². The van der Waals surface area contributed by atoms with Gasteiger partial charge in [-0.15, -0.1) is 0 Å². The van der Waals surface area contributed by atoms with Crippen molar-refractivity contribution in [3.63, 3.8) is 0 Å². The number of fused-ring (bicyclic) bond motifs is 6. The van der Waals surface area contributed by atoms with Crippen molar-refractivity contribution in [1.29, 1.82) is 0 Å². The maximum Gasteiger partial charge on any atom is 0.302 e. The second-order valence-electron chi connectivity index (χ2n) is 16.3. The van der Waals surface area contributed by atoms with Crippen LogP contribution >= 0.6 is 0 Å². The first kappa shape index (κ1) is 27.7. The second kappa shape index (κ2) is 8.55. The summed E-state index contributed by atoms with van der Waals surface area (Å²) in [4.78, 5) is 25.3. The number of carbonyl (C=O) groups is 2. The highest BCUT2D eigenvalue weighted by Gasteiger charge is 2.70. The SMILES string of the molecule is CO[C@H]1CC[C@@]2(C)[C@@H](CC[C@@]3(C)C[C@@]4(C=O)C[C@H]5C(C)(C)[C@H](OC(C)=O)CC[C@]5(C)[C@H]4CC[C@@H]32)C1(C)C. The summed E-state index contributed by atoms with van der Waals surface area (Å²) in [6.07, 6.45) is 13.0. The molecule has 0 amide bonds. The molecule has 0 bridgehead atoms. The van der Waals surface area contributed by atoms with E-state index in [0.29, 0.717) is 35.2 Å². The first-order valence-electron chi connectivity index (χ1n) is 15.3. The molecule has 0 saturated heterocycles. The Morgan fingerprint density at radius 3 is 1.89 bits per heavy atom. The molecule has 0 aromatic heterocycles. The lowest BCUT2D eigenvalue weighted by Crippen LogP contribution is -2.59. The van der Waals surface area contributed by atoms with E-state index >= 15 is 0 Å². The zero-order valence-electron chi connectivity index (χ0n) is 25.2. The summed E-state index contributed by atoms with van der Waals surface area (Å²) in [6, 6.07) is 0. The van der Waals surface area contributed by atoms with Gasteiger partial charge < -0.3 is 14.3 Å². The summed E-state index contributed by atoms with van der Waals surface area (Å²) in [5, 5.41) is 0. The Morgan fingerprint density at radius 1 is 0.730 bits per heavy atom. The highest BCUT2D eigenvalue weighted by atomic mass is 16.5. The monoisotopic (exact) mass is 514 g/mol. The van der Waals surface area contributed by atoms with Gasteiger partial charge in [0.1, 0.15) is 12.4 Å². The quantitative estimate of drug-likeness (QED) is 0.287. The van der Waals surface area contributed by atoms with Gasteiger partial charge in [-0.25, -0.2) is 0 Å². The molecule has 5 aliphatic carbocycles. The number of esters is 1. The van der Waals surface area contributed by atoms with Crippen LogP contribution in [0.3, 0.4) is 0 Å². The van der Waals surface area contributed by atoms with E-state index in [9.17, 15) is 9.59 Å². The molecule has 210 valence electrons. The average molecular weight is 515 g/mol. The molecule has 10 atom stereocenters. The average Bonchev–Trinajstić information content (AvgIpc) is 2.95. The van der Waals surface area contributed by atoms with Crippen molar-refractivity contribution >= 4 is 12.3 Å². The van der Waals surface area contributed by atoms with Gasteiger partial charge in [0.15, 0.2) is 0 Å². The lowest BCUT2D eigenvalue weighted by molar-refractivity contribution is -0.182. The fourth-order valence-electron chi connectivity index (χ4n) is 12.6. The molecular formula is C33H54O4. The van der Waals surface area contributed by atoms with E-state index in [0.717, 1.165) is 38.5 Å². The maximum absolute atomic E-state index is 13.3. The predicted octanol–water partition coefficient (Wildman–Crippen LogP) is 7.62. The fourth-order valence-corrected chi connectivity index (χ4v) is 12.6. The lowest BCUT2D eigenvalue weighted by Gasteiger charge is -2.64. The number of hydrogen-bond acceptors (Lipinski definition) is 4. The van der Waals surface area contributed by atoms with Crippen molar-refractivity contribution < 1.29 is 19.1 Å². The maximum atomic E-state index is 13.3. The Balaban J connectivity index is 1.51. The van der Waals surface area contributed by atoms with Gasteiger partial charge in [0.25, 0.3) is 0 Å². The lowest BCUT2D eigenvalue weighted by atomic mass is 9.41. The summed E-state index contributed by atoms with van der Waals surface area (Å²) in [5.74, 6) is 1.98. The smallest absolute Gasteiger partial charge is 0.302 e. The van der Waals surface area contributed by atoms with Crippen LogP contribution in [0.4, 0.5) is 0 Å². The molecule has 0 N–H and O–H groups in total. The third-order valence-corrected chi connectivity index (χ3v) is 14.0. The molecule has 0 unspecified atom stereocenters. The highest BCUT2D eigenvalue weighted by molar-refractivity contribution is 5.66. The Labute approximate surface area is 226 Å². The van der Waals surface area contributed by atoms with Crippen LogP contribution in [0.5, 0.6) is 0 Å². The molecule has 5 rings (SSSR count). The second-order valence-corrected chi connectivity index (χ2v) is 16.3. The third-order valence-electron chi connectivity index (χ3n) is 14.0. The summed E-state index contributed by atoms with van der Waals surface area (Å²) in [6.45, 7) is 18.7. The minimum absolute atomic E-state index is 0.0509. The number of carbonyl (C=O) groups excluding carboxylic acids is 2. The minimum Gasteiger partial charge on any atom is -0.462 e. The topological polar surface area (TPSA) is 52.6 Å². The van der Waals surface area contributed by atoms with Crippen LogP contribution in [0, 0.1) is 56.2 Å². The fraction of sp³-hybridized carbons (Fsp3) is 0.939. The van der Waals surface area contributed by atoms with Crippen LogP contribution in [0.25, 0.3) is 0 Å². The Bertz CT molecular complexity index is 939. The Hall–Kier alpha value is -0.900. The minimum atomic E-state index is -0.256. The van der Waals surface area contributed by atoms with E-state index in [4.69, 9.17) is 9.47 Å². The summed E-state index contributed by atoms with van der Waals surface area (Å²) in [7, 11) is 1.90. The summed E-state index contributed by atoms with van der Waals surface area (Å²) in [5.41, 5.74) is 0.435. The molecule has 5 aliphatic rings. The van der Waals surface area contributed by atoms with Crippen molar-refractivity contribution in [2.24, 2.45) is 56.2 Å². The van der Waals surface area contributed by atoms with Gasteiger partial charge in [-0.05, 0) is 110 Å². The van der Waals surface area contributed by atoms with Crippen molar-refractivity contribution in [3.8, 4) is 0 Å². The first-order chi connectivity index (χ1) is 17.1. The van der Waals surface area contributed by atoms with E-state index in [1.807, 2.05) is 7.11 Å². The largest absolute Gasteiger partial charge is 0.462 e. The van der Waals surface area contributed by atoms with Crippen LogP contribution in [-0.2, 0) is 19.1 Å². The molecule has 4 heteroatoms. The molecule has 0 aromatic carbocycles. The molecule has 4 nitrogen and oxygen atoms in total. The zero-order valence-corrected chi connectivity index (χ0v) is 25.2. The van der Waals surface area contributed by atoms with Gasteiger partial charge in [0, 0.05) is 24.9 Å². The molecule has 37 heavy (non-hydrogen) atoms. The zero-order chi connectivity index (χ0) is 27.2. The Morgan fingerprint density at radius 2 is 1.30 bits per heavy atom. The first-order valence-corrected chi connectivity index (χ1v) is 15.3. The molecule has 0 aromatic rings. The van der Waals surface area contributed by atoms with Crippen molar-refractivity contribution in [3.05, 3.63) is 0 Å². The van der Waals surface area contributed by atoms with Crippen LogP contribution in [0.2, 0.25) is 0 Å². The van der Waals surface area contributed by atoms with Gasteiger partial charge >= 0.3 is 5.97 Å². The normalized spacial score (nSPS) is 52.0. The number of ether oxygens (including phenoxy) is 2. The number of hydrogen-bond donors (Lipinski definition) is 0. The predicted molar refractivity (Wildman–Crippen MR) is 147 cm³/mol. The summed E-state index contributed by atoms with van der Waals surface area (Å²) < 4.78 is 11.9. The molecule has 5 fully saturated rings. The molecule has 0 radical (unpaired) electrons. The van der Waals surface area contributed by atoms with Crippen molar-refractivity contribution in [2.75, 3.05) is 7.11 Å². The van der Waals surface area contributed by atoms with Gasteiger partial charge in [-0.2, -0.15) is 0 Å². The van der Waals surface area contributed by atoms with Crippen LogP contribution in [-0.4, -0.2) is 31.6 Å². The van der Waals surface area contributed by atoms with Gasteiger partial charge in [-0.3, -0.25) is 4.79 Å². The van der Waals surface area contributed by atoms with Gasteiger partial charge in [0.05, 0.1) is 6.10 Å². The Kier molecular flexibility index (Phi) is 6.39. The number of methoxy groups -OCH3 is 1. The molecule has 0 spiro atoms.